The number of ether oxygens (including phenoxy) is 2. The molecule has 8 nitrogen and oxygen atoms in total. The number of anilines is 1. The van der Waals surface area contributed by atoms with Gasteiger partial charge in [0.1, 0.15) is 17.3 Å². The van der Waals surface area contributed by atoms with Gasteiger partial charge >= 0.3 is 5.97 Å². The van der Waals surface area contributed by atoms with Crippen molar-refractivity contribution in [2.75, 3.05) is 12.0 Å². The second-order valence-corrected chi connectivity index (χ2v) is 9.10. The maximum absolute atomic E-state index is 13.4. The molecule has 192 valence electrons. The van der Waals surface area contributed by atoms with Gasteiger partial charge in [-0.25, -0.2) is 0 Å². The van der Waals surface area contributed by atoms with Gasteiger partial charge in [0.05, 0.1) is 30.4 Å². The van der Waals surface area contributed by atoms with Gasteiger partial charge in [-0.2, -0.15) is 5.26 Å². The highest BCUT2D eigenvalue weighted by Gasteiger charge is 2.47. The molecule has 0 radical (unpaired) electrons. The monoisotopic (exact) mass is 510 g/mol. The summed E-state index contributed by atoms with van der Waals surface area (Å²) in [6, 6.07) is 18.8. The molecule has 1 unspecified atom stereocenters. The fourth-order valence-electron chi connectivity index (χ4n) is 4.48. The Hall–Kier alpha value is -4.90. The first kappa shape index (κ1) is 26.2. The van der Waals surface area contributed by atoms with E-state index >= 15 is 0 Å². The normalized spacial score (nSPS) is 16.4. The number of carbonyl (C=O) groups excluding carboxylic acids is 3. The van der Waals surface area contributed by atoms with E-state index in [4.69, 9.17) is 9.47 Å². The highest BCUT2D eigenvalue weighted by atomic mass is 16.5. The molecule has 1 amide bonds. The summed E-state index contributed by atoms with van der Waals surface area (Å²) in [7, 11) is 1.56. The van der Waals surface area contributed by atoms with Crippen LogP contribution in [0.4, 0.5) is 5.69 Å². The number of hydrogen-bond acceptors (Lipinski definition) is 7. The molecule has 38 heavy (non-hydrogen) atoms. The molecule has 1 heterocycles. The third kappa shape index (κ3) is 4.87. The Balaban J connectivity index is 1.91. The summed E-state index contributed by atoms with van der Waals surface area (Å²) >= 11 is 0. The van der Waals surface area contributed by atoms with Crippen molar-refractivity contribution in [1.82, 2.24) is 0 Å². The molecular weight excluding hydrogens is 484 g/mol. The number of Topliss-reactive ketones (excluding diaryl/α,β-unsaturated/α-hetero) is 1. The fraction of sp³-hybridized carbons (Fsp3) is 0.200. The van der Waals surface area contributed by atoms with E-state index in [-0.39, 0.29) is 17.3 Å². The van der Waals surface area contributed by atoms with Crippen LogP contribution in [0, 0.1) is 11.3 Å². The quantitative estimate of drug-likeness (QED) is 0.158. The van der Waals surface area contributed by atoms with E-state index in [1.807, 2.05) is 19.9 Å². The molecule has 0 aromatic heterocycles. The van der Waals surface area contributed by atoms with E-state index in [9.17, 15) is 24.8 Å². The number of methoxy groups -OCH3 is 1. The first-order valence-electron chi connectivity index (χ1n) is 11.9. The molecule has 1 fully saturated rings. The molecule has 0 spiro atoms. The number of amides is 1. The number of nitrogens with zero attached hydrogens (tertiary/aromatic N) is 2. The summed E-state index contributed by atoms with van der Waals surface area (Å²) < 4.78 is 10.6. The van der Waals surface area contributed by atoms with E-state index in [2.05, 4.69) is 0 Å². The zero-order chi connectivity index (χ0) is 27.6. The van der Waals surface area contributed by atoms with E-state index in [1.165, 1.54) is 11.8 Å². The van der Waals surface area contributed by atoms with Crippen LogP contribution in [0.5, 0.6) is 11.5 Å². The minimum Gasteiger partial charge on any atom is -0.507 e. The molecule has 0 saturated carbocycles. The third-order valence-corrected chi connectivity index (χ3v) is 6.30. The number of benzene rings is 3. The Bertz CT molecular complexity index is 1480. The van der Waals surface area contributed by atoms with Crippen LogP contribution in [0.1, 0.15) is 55.0 Å². The Kier molecular flexibility index (Phi) is 7.31. The number of ketones is 1. The van der Waals surface area contributed by atoms with Gasteiger partial charge in [-0.3, -0.25) is 19.3 Å². The van der Waals surface area contributed by atoms with Crippen LogP contribution in [0.2, 0.25) is 0 Å². The number of hydrogen-bond donors (Lipinski definition) is 1. The minimum absolute atomic E-state index is 0.0726. The number of aliphatic hydroxyl groups excluding tert-OH is 1. The first-order chi connectivity index (χ1) is 18.2. The number of esters is 1. The number of rotatable bonds is 6. The molecule has 3 aromatic rings. The van der Waals surface area contributed by atoms with Crippen molar-refractivity contribution in [2.24, 2.45) is 0 Å². The van der Waals surface area contributed by atoms with Crippen molar-refractivity contribution in [2.45, 2.75) is 32.7 Å². The lowest BCUT2D eigenvalue weighted by Crippen LogP contribution is -2.29. The van der Waals surface area contributed by atoms with Crippen LogP contribution in [0.15, 0.2) is 72.3 Å². The van der Waals surface area contributed by atoms with Crippen LogP contribution in [0.25, 0.3) is 5.76 Å². The van der Waals surface area contributed by atoms with Crippen LogP contribution in [0.3, 0.4) is 0 Å². The largest absolute Gasteiger partial charge is 0.507 e. The summed E-state index contributed by atoms with van der Waals surface area (Å²) in [5, 5.41) is 20.6. The maximum atomic E-state index is 13.4. The van der Waals surface area contributed by atoms with E-state index in [1.54, 1.807) is 73.8 Å². The van der Waals surface area contributed by atoms with Crippen LogP contribution in [-0.4, -0.2) is 29.9 Å². The van der Waals surface area contributed by atoms with Crippen LogP contribution < -0.4 is 14.4 Å². The van der Waals surface area contributed by atoms with Gasteiger partial charge in [0.2, 0.25) is 0 Å². The number of aliphatic hydroxyl groups is 1. The highest BCUT2D eigenvalue weighted by Crippen LogP contribution is 2.43. The van der Waals surface area contributed by atoms with Gasteiger partial charge in [0.25, 0.3) is 11.7 Å². The molecule has 0 aliphatic carbocycles. The zero-order valence-corrected chi connectivity index (χ0v) is 21.4. The average molecular weight is 511 g/mol. The molecule has 1 atom stereocenters. The smallest absolute Gasteiger partial charge is 0.308 e. The zero-order valence-electron chi connectivity index (χ0n) is 21.4. The summed E-state index contributed by atoms with van der Waals surface area (Å²) in [5.74, 6) is -1.45. The van der Waals surface area contributed by atoms with Crippen molar-refractivity contribution in [1.29, 1.82) is 5.26 Å². The summed E-state index contributed by atoms with van der Waals surface area (Å²) in [4.78, 5) is 39.4. The van der Waals surface area contributed by atoms with Crippen molar-refractivity contribution in [3.63, 3.8) is 0 Å². The maximum Gasteiger partial charge on any atom is 0.308 e. The molecule has 8 heteroatoms. The Labute approximate surface area is 220 Å². The van der Waals surface area contributed by atoms with Gasteiger partial charge in [-0.1, -0.05) is 26.0 Å². The van der Waals surface area contributed by atoms with Gasteiger partial charge in [-0.05, 0) is 71.6 Å². The topological polar surface area (TPSA) is 117 Å². The SMILES string of the molecule is COc1ccc(/C(O)=C2/C(=O)C(=O)N(c3ccc(C#N)cc3)C2c2ccc(OC(C)=O)cc2)cc1C(C)C. The van der Waals surface area contributed by atoms with E-state index in [0.29, 0.717) is 33.9 Å². The molecule has 1 saturated heterocycles. The van der Waals surface area contributed by atoms with Crippen LogP contribution >= 0.6 is 0 Å². The molecule has 3 aromatic carbocycles. The molecule has 1 aliphatic heterocycles. The standard InChI is InChI=1S/C30H26N2O6/c1-17(2)24-15-21(9-14-25(24)37-4)28(34)26-27(20-7-12-23(13-8-20)38-18(3)33)32(30(36)29(26)35)22-10-5-19(16-31)6-11-22/h5-15,17,27,34H,1-4H3/b28-26-. The van der Waals surface area contributed by atoms with Gasteiger partial charge in [0.15, 0.2) is 0 Å². The van der Waals surface area contributed by atoms with Gasteiger partial charge in [0, 0.05) is 18.2 Å². The average Bonchev–Trinajstić information content (AvgIpc) is 3.18. The number of carbonyl (C=O) groups is 3. The molecule has 1 N–H and O–H groups in total. The van der Waals surface area contributed by atoms with Crippen molar-refractivity contribution >= 4 is 29.1 Å². The predicted molar refractivity (Wildman–Crippen MR) is 141 cm³/mol. The number of nitriles is 1. The summed E-state index contributed by atoms with van der Waals surface area (Å²) in [6.45, 7) is 5.25. The predicted octanol–water partition coefficient (Wildman–Crippen LogP) is 5.24. The van der Waals surface area contributed by atoms with E-state index < -0.39 is 23.7 Å². The second kappa shape index (κ2) is 10.6. The summed E-state index contributed by atoms with van der Waals surface area (Å²) in [5.41, 5.74) is 2.42. The van der Waals surface area contributed by atoms with Gasteiger partial charge < -0.3 is 14.6 Å². The third-order valence-electron chi connectivity index (χ3n) is 6.30. The van der Waals surface area contributed by atoms with Crippen LogP contribution in [-0.2, 0) is 14.4 Å². The lowest BCUT2D eigenvalue weighted by molar-refractivity contribution is -0.132. The lowest BCUT2D eigenvalue weighted by Gasteiger charge is -2.25. The molecule has 1 aliphatic rings. The van der Waals surface area contributed by atoms with E-state index in [0.717, 1.165) is 5.56 Å². The Morgan fingerprint density at radius 1 is 1.03 bits per heavy atom. The van der Waals surface area contributed by atoms with Gasteiger partial charge in [-0.15, -0.1) is 0 Å². The lowest BCUT2D eigenvalue weighted by atomic mass is 9.93. The minimum atomic E-state index is -0.973. The fourth-order valence-corrected chi connectivity index (χ4v) is 4.48. The van der Waals surface area contributed by atoms with Crippen molar-refractivity contribution < 1.29 is 29.0 Å². The highest BCUT2D eigenvalue weighted by molar-refractivity contribution is 6.51. The van der Waals surface area contributed by atoms with Crippen molar-refractivity contribution in [3.8, 4) is 17.6 Å². The van der Waals surface area contributed by atoms with Crippen molar-refractivity contribution in [3.05, 3.63) is 94.6 Å². The second-order valence-electron chi connectivity index (χ2n) is 9.10. The summed E-state index contributed by atoms with van der Waals surface area (Å²) in [6.07, 6.45) is 0. The first-order valence-corrected chi connectivity index (χ1v) is 11.9. The molecular formula is C30H26N2O6. The Morgan fingerprint density at radius 3 is 2.24 bits per heavy atom. The molecule has 4 rings (SSSR count). The Morgan fingerprint density at radius 2 is 1.68 bits per heavy atom. The molecule has 0 bridgehead atoms.